The number of fused-ring (bicyclic) bond motifs is 1. The lowest BCUT2D eigenvalue weighted by Crippen LogP contribution is -2.05. The molecule has 1 aromatic rings. The maximum Gasteiger partial charge on any atom is 0.123 e. The summed E-state index contributed by atoms with van der Waals surface area (Å²) < 4.78 is 11.4. The number of hydrogen-bond acceptors (Lipinski definition) is 3. The van der Waals surface area contributed by atoms with Crippen molar-refractivity contribution < 1.29 is 9.47 Å². The highest BCUT2D eigenvalue weighted by Gasteiger charge is 2.41. The molecular formula is C15H19NO2. The quantitative estimate of drug-likeness (QED) is 0.809. The first kappa shape index (κ1) is 11.6. The molecule has 3 rings (SSSR count). The Morgan fingerprint density at radius 1 is 1.50 bits per heavy atom. The summed E-state index contributed by atoms with van der Waals surface area (Å²) in [5, 5.41) is 0. The summed E-state index contributed by atoms with van der Waals surface area (Å²) >= 11 is 0. The standard InChI is InChI=1S/C15H19NO2/c1-2-6-17-14-4-3-13-11(5-7-18-13)15(14)12-8-10(12)9-16/h2-4,10,12H,1,5-9,16H2/t10-,12+/m1/s1. The van der Waals surface area contributed by atoms with E-state index in [-0.39, 0.29) is 0 Å². The van der Waals surface area contributed by atoms with Gasteiger partial charge in [-0.3, -0.25) is 0 Å². The minimum Gasteiger partial charge on any atom is -0.493 e. The third-order valence-electron chi connectivity index (χ3n) is 3.84. The Hall–Kier alpha value is -1.48. The maximum atomic E-state index is 5.79. The highest BCUT2D eigenvalue weighted by Crippen LogP contribution is 2.53. The van der Waals surface area contributed by atoms with Crippen LogP contribution in [0.5, 0.6) is 11.5 Å². The van der Waals surface area contributed by atoms with Crippen molar-refractivity contribution in [3.05, 3.63) is 35.9 Å². The Morgan fingerprint density at radius 2 is 2.39 bits per heavy atom. The van der Waals surface area contributed by atoms with Crippen LogP contribution in [0.2, 0.25) is 0 Å². The van der Waals surface area contributed by atoms with E-state index in [0.717, 1.165) is 31.1 Å². The minimum absolute atomic E-state index is 0.548. The van der Waals surface area contributed by atoms with E-state index < -0.39 is 0 Å². The molecule has 0 radical (unpaired) electrons. The van der Waals surface area contributed by atoms with E-state index in [0.29, 0.717) is 18.4 Å². The molecule has 3 heteroatoms. The summed E-state index contributed by atoms with van der Waals surface area (Å²) in [5.41, 5.74) is 8.44. The molecule has 18 heavy (non-hydrogen) atoms. The Labute approximate surface area is 108 Å². The molecular weight excluding hydrogens is 226 g/mol. The lowest BCUT2D eigenvalue weighted by Gasteiger charge is -2.14. The largest absolute Gasteiger partial charge is 0.493 e. The predicted octanol–water partition coefficient (Wildman–Crippen LogP) is 2.25. The van der Waals surface area contributed by atoms with Crippen molar-refractivity contribution >= 4 is 0 Å². The van der Waals surface area contributed by atoms with Gasteiger partial charge in [0.05, 0.1) is 6.61 Å². The van der Waals surface area contributed by atoms with Crippen molar-refractivity contribution in [1.29, 1.82) is 0 Å². The molecule has 0 amide bonds. The predicted molar refractivity (Wildman–Crippen MR) is 71.2 cm³/mol. The van der Waals surface area contributed by atoms with E-state index >= 15 is 0 Å². The molecule has 1 aliphatic heterocycles. The van der Waals surface area contributed by atoms with Gasteiger partial charge in [-0.15, -0.1) is 0 Å². The Balaban J connectivity index is 1.96. The molecule has 1 heterocycles. The van der Waals surface area contributed by atoms with Crippen molar-refractivity contribution in [2.24, 2.45) is 11.7 Å². The van der Waals surface area contributed by atoms with Crippen LogP contribution in [0.4, 0.5) is 0 Å². The summed E-state index contributed by atoms with van der Waals surface area (Å²) in [5.74, 6) is 3.19. The summed E-state index contributed by atoms with van der Waals surface area (Å²) in [6, 6.07) is 4.04. The van der Waals surface area contributed by atoms with E-state index in [2.05, 4.69) is 6.58 Å². The van der Waals surface area contributed by atoms with Crippen LogP contribution in [0.25, 0.3) is 0 Å². The maximum absolute atomic E-state index is 5.79. The van der Waals surface area contributed by atoms with Gasteiger partial charge < -0.3 is 15.2 Å². The zero-order chi connectivity index (χ0) is 12.5. The number of rotatable bonds is 5. The second-order valence-corrected chi connectivity index (χ2v) is 4.99. The second kappa shape index (κ2) is 4.65. The number of hydrogen-bond donors (Lipinski definition) is 1. The van der Waals surface area contributed by atoms with Crippen molar-refractivity contribution in [1.82, 2.24) is 0 Å². The number of nitrogens with two attached hydrogens (primary N) is 1. The number of ether oxygens (including phenoxy) is 2. The van der Waals surface area contributed by atoms with E-state index in [1.807, 2.05) is 12.1 Å². The molecule has 2 N–H and O–H groups in total. The lowest BCUT2D eigenvalue weighted by molar-refractivity contribution is 0.352. The second-order valence-electron chi connectivity index (χ2n) is 4.99. The van der Waals surface area contributed by atoms with Crippen molar-refractivity contribution in [2.75, 3.05) is 19.8 Å². The highest BCUT2D eigenvalue weighted by atomic mass is 16.5. The molecule has 3 nitrogen and oxygen atoms in total. The van der Waals surface area contributed by atoms with Crippen molar-refractivity contribution in [2.45, 2.75) is 18.8 Å². The Morgan fingerprint density at radius 3 is 3.11 bits per heavy atom. The van der Waals surface area contributed by atoms with Gasteiger partial charge in [0.2, 0.25) is 0 Å². The molecule has 1 fully saturated rings. The normalized spacial score (nSPS) is 24.3. The third-order valence-corrected chi connectivity index (χ3v) is 3.84. The van der Waals surface area contributed by atoms with Crippen LogP contribution in [0, 0.1) is 5.92 Å². The van der Waals surface area contributed by atoms with Gasteiger partial charge in [0.1, 0.15) is 18.1 Å². The summed E-state index contributed by atoms with van der Waals surface area (Å²) in [6.45, 7) is 5.79. The zero-order valence-corrected chi connectivity index (χ0v) is 10.5. The fraction of sp³-hybridized carbons (Fsp3) is 0.467. The van der Waals surface area contributed by atoms with Crippen LogP contribution in [0.15, 0.2) is 24.8 Å². The summed E-state index contributed by atoms with van der Waals surface area (Å²) in [4.78, 5) is 0. The summed E-state index contributed by atoms with van der Waals surface area (Å²) in [6.07, 6.45) is 3.95. The van der Waals surface area contributed by atoms with E-state index in [1.165, 1.54) is 17.5 Å². The van der Waals surface area contributed by atoms with Gasteiger partial charge in [0, 0.05) is 17.5 Å². The summed E-state index contributed by atoms with van der Waals surface area (Å²) in [7, 11) is 0. The fourth-order valence-electron chi connectivity index (χ4n) is 2.82. The molecule has 0 bridgehead atoms. The van der Waals surface area contributed by atoms with Gasteiger partial charge in [-0.1, -0.05) is 12.7 Å². The van der Waals surface area contributed by atoms with Gasteiger partial charge in [-0.25, -0.2) is 0 Å². The molecule has 0 spiro atoms. The molecule has 0 unspecified atom stereocenters. The zero-order valence-electron chi connectivity index (χ0n) is 10.5. The fourth-order valence-corrected chi connectivity index (χ4v) is 2.82. The average Bonchev–Trinajstić information content (AvgIpc) is 3.02. The van der Waals surface area contributed by atoms with E-state index in [1.54, 1.807) is 6.08 Å². The van der Waals surface area contributed by atoms with Crippen LogP contribution in [0.3, 0.4) is 0 Å². The van der Waals surface area contributed by atoms with Crippen LogP contribution < -0.4 is 15.2 Å². The van der Waals surface area contributed by atoms with Gasteiger partial charge in [-0.05, 0) is 36.9 Å². The molecule has 0 aromatic heterocycles. The monoisotopic (exact) mass is 245 g/mol. The molecule has 1 aromatic carbocycles. The van der Waals surface area contributed by atoms with Gasteiger partial charge >= 0.3 is 0 Å². The molecule has 1 saturated carbocycles. The first-order chi connectivity index (χ1) is 8.85. The van der Waals surface area contributed by atoms with Crippen LogP contribution >= 0.6 is 0 Å². The van der Waals surface area contributed by atoms with Gasteiger partial charge in [-0.2, -0.15) is 0 Å². The van der Waals surface area contributed by atoms with E-state index in [4.69, 9.17) is 15.2 Å². The third kappa shape index (κ3) is 1.89. The first-order valence-electron chi connectivity index (χ1n) is 6.57. The van der Waals surface area contributed by atoms with Crippen LogP contribution in [0.1, 0.15) is 23.5 Å². The lowest BCUT2D eigenvalue weighted by atomic mass is 9.98. The smallest absolute Gasteiger partial charge is 0.123 e. The molecule has 2 aliphatic rings. The van der Waals surface area contributed by atoms with Crippen LogP contribution in [-0.2, 0) is 6.42 Å². The number of benzene rings is 1. The van der Waals surface area contributed by atoms with Crippen LogP contribution in [-0.4, -0.2) is 19.8 Å². The molecule has 96 valence electrons. The van der Waals surface area contributed by atoms with Gasteiger partial charge in [0.15, 0.2) is 0 Å². The van der Waals surface area contributed by atoms with Crippen molar-refractivity contribution in [3.8, 4) is 11.5 Å². The Bertz CT molecular complexity index is 470. The van der Waals surface area contributed by atoms with Crippen molar-refractivity contribution in [3.63, 3.8) is 0 Å². The molecule has 1 aliphatic carbocycles. The average molecular weight is 245 g/mol. The molecule has 2 atom stereocenters. The SMILES string of the molecule is C=CCOc1ccc2c(c1[C@H]1C[C@@H]1CN)CCO2. The highest BCUT2D eigenvalue weighted by molar-refractivity contribution is 5.54. The van der Waals surface area contributed by atoms with Gasteiger partial charge in [0.25, 0.3) is 0 Å². The topological polar surface area (TPSA) is 44.5 Å². The first-order valence-corrected chi connectivity index (χ1v) is 6.57. The minimum atomic E-state index is 0.548. The molecule has 0 saturated heterocycles. The Kier molecular flexibility index (Phi) is 3.00. The van der Waals surface area contributed by atoms with E-state index in [9.17, 15) is 0 Å².